The molecule has 0 saturated carbocycles. The molecule has 1 aliphatic heterocycles. The number of rotatable bonds is 2. The van der Waals surface area contributed by atoms with Crippen molar-refractivity contribution in [2.75, 3.05) is 0 Å². The number of nitrogens with zero attached hydrogens (tertiary/aromatic N) is 2. The highest BCUT2D eigenvalue weighted by Gasteiger charge is 2.57. The topological polar surface area (TPSA) is 43.2 Å². The van der Waals surface area contributed by atoms with Gasteiger partial charge in [0.15, 0.2) is 5.60 Å². The van der Waals surface area contributed by atoms with E-state index in [-0.39, 0.29) is 23.9 Å². The summed E-state index contributed by atoms with van der Waals surface area (Å²) in [5.41, 5.74) is -0.915. The maximum Gasteiger partial charge on any atom is 0.421 e. The number of hydrogen-bond acceptors (Lipinski definition) is 3. The molecule has 0 spiro atoms. The molecule has 0 amide bonds. The van der Waals surface area contributed by atoms with Crippen LogP contribution in [0.15, 0.2) is 40.0 Å². The molecule has 23 heavy (non-hydrogen) atoms. The maximum atomic E-state index is 13.3. The molecule has 0 saturated heterocycles. The van der Waals surface area contributed by atoms with Crippen molar-refractivity contribution >= 4 is 12.7 Å². The van der Waals surface area contributed by atoms with Crippen molar-refractivity contribution < 1.29 is 22.6 Å². The van der Waals surface area contributed by atoms with Gasteiger partial charge < -0.3 is 9.47 Å². The van der Waals surface area contributed by atoms with Crippen molar-refractivity contribution in [3.05, 3.63) is 41.1 Å². The van der Waals surface area contributed by atoms with E-state index < -0.39 is 11.8 Å². The summed E-state index contributed by atoms with van der Waals surface area (Å²) in [6.45, 7) is 7.93. The monoisotopic (exact) mass is 326 g/mol. The van der Waals surface area contributed by atoms with Gasteiger partial charge in [0.1, 0.15) is 5.75 Å². The van der Waals surface area contributed by atoms with E-state index >= 15 is 0 Å². The molecule has 1 aromatic rings. The van der Waals surface area contributed by atoms with Crippen molar-refractivity contribution in [2.45, 2.75) is 39.2 Å². The number of ether oxygens (including phenoxy) is 2. The number of benzene rings is 1. The van der Waals surface area contributed by atoms with Gasteiger partial charge in [0.05, 0.1) is 6.61 Å². The molecule has 0 bridgehead atoms. The molecular formula is C16H17F3N2O2. The maximum absolute atomic E-state index is 13.3. The van der Waals surface area contributed by atoms with Crippen LogP contribution in [0.2, 0.25) is 0 Å². The summed E-state index contributed by atoms with van der Waals surface area (Å²) in [4.78, 5) is 7.58. The molecule has 1 heterocycles. The van der Waals surface area contributed by atoms with Crippen LogP contribution in [-0.4, -0.2) is 18.9 Å². The molecule has 0 fully saturated rings. The van der Waals surface area contributed by atoms with Crippen molar-refractivity contribution in [1.29, 1.82) is 0 Å². The Morgan fingerprint density at radius 3 is 2.65 bits per heavy atom. The Morgan fingerprint density at radius 2 is 2.09 bits per heavy atom. The van der Waals surface area contributed by atoms with Crippen LogP contribution in [0.5, 0.6) is 5.75 Å². The average molecular weight is 326 g/mol. The second-order valence-electron chi connectivity index (χ2n) is 5.52. The van der Waals surface area contributed by atoms with Gasteiger partial charge in [-0.2, -0.15) is 13.2 Å². The Bertz CT molecular complexity index is 676. The Labute approximate surface area is 132 Å². The van der Waals surface area contributed by atoms with Crippen molar-refractivity contribution in [1.82, 2.24) is 0 Å². The van der Waals surface area contributed by atoms with E-state index in [0.717, 1.165) is 12.5 Å². The Balaban J connectivity index is 2.35. The first-order valence-electron chi connectivity index (χ1n) is 6.87. The fourth-order valence-corrected chi connectivity index (χ4v) is 2.11. The number of halogens is 3. The first-order valence-corrected chi connectivity index (χ1v) is 6.87. The summed E-state index contributed by atoms with van der Waals surface area (Å²) in [6, 6.07) is 4.36. The summed E-state index contributed by atoms with van der Waals surface area (Å²) in [6.07, 6.45) is -2.99. The second-order valence-corrected chi connectivity index (χ2v) is 5.52. The van der Waals surface area contributed by atoms with Gasteiger partial charge in [0.25, 0.3) is 0 Å². The van der Waals surface area contributed by atoms with Crippen LogP contribution in [0.3, 0.4) is 0 Å². The van der Waals surface area contributed by atoms with Gasteiger partial charge in [-0.15, -0.1) is 0 Å². The summed E-state index contributed by atoms with van der Waals surface area (Å²) in [5, 5.41) is 0. The van der Waals surface area contributed by atoms with Crippen molar-refractivity contribution in [2.24, 2.45) is 9.98 Å². The lowest BCUT2D eigenvalue weighted by Crippen LogP contribution is -2.39. The Hall–Kier alpha value is -2.15. The van der Waals surface area contributed by atoms with E-state index in [0.29, 0.717) is 5.56 Å². The highest BCUT2D eigenvalue weighted by Crippen LogP contribution is 2.48. The van der Waals surface area contributed by atoms with Gasteiger partial charge in [-0.05, 0) is 45.2 Å². The van der Waals surface area contributed by atoms with E-state index in [1.165, 1.54) is 12.3 Å². The molecular weight excluding hydrogens is 309 g/mol. The van der Waals surface area contributed by atoms with E-state index in [1.807, 2.05) is 13.8 Å². The summed E-state index contributed by atoms with van der Waals surface area (Å²) >= 11 is 0. The van der Waals surface area contributed by atoms with E-state index in [1.54, 1.807) is 12.1 Å². The highest BCUT2D eigenvalue weighted by molar-refractivity contribution is 5.81. The fraction of sp³-hybridized carbons (Fsp3) is 0.375. The van der Waals surface area contributed by atoms with Crippen LogP contribution in [-0.2, 0) is 16.9 Å². The molecule has 1 atom stereocenters. The van der Waals surface area contributed by atoms with Crippen molar-refractivity contribution in [3.63, 3.8) is 0 Å². The second kappa shape index (κ2) is 6.16. The van der Waals surface area contributed by atoms with Gasteiger partial charge in [0.2, 0.25) is 0 Å². The molecule has 0 N–H and O–H groups in total. The van der Waals surface area contributed by atoms with Crippen LogP contribution in [0.4, 0.5) is 13.2 Å². The molecule has 0 aromatic heterocycles. The summed E-state index contributed by atoms with van der Waals surface area (Å²) < 4.78 is 50.2. The number of aliphatic imine (C=N–C) groups is 2. The van der Waals surface area contributed by atoms with Crippen LogP contribution < -0.4 is 4.74 Å². The highest BCUT2D eigenvalue weighted by atomic mass is 19.4. The molecule has 0 aliphatic carbocycles. The minimum Gasteiger partial charge on any atom is -0.424 e. The lowest BCUT2D eigenvalue weighted by molar-refractivity contribution is -0.272. The quantitative estimate of drug-likeness (QED) is 0.599. The third-order valence-electron chi connectivity index (χ3n) is 3.43. The van der Waals surface area contributed by atoms with Gasteiger partial charge >= 0.3 is 12.2 Å². The van der Waals surface area contributed by atoms with Crippen LogP contribution in [0.1, 0.15) is 31.9 Å². The molecule has 1 aliphatic rings. The number of allylic oxidation sites excluding steroid dienone is 1. The van der Waals surface area contributed by atoms with Gasteiger partial charge in [0, 0.05) is 11.8 Å². The smallest absolute Gasteiger partial charge is 0.421 e. The van der Waals surface area contributed by atoms with Crippen molar-refractivity contribution in [3.8, 4) is 5.75 Å². The summed E-state index contributed by atoms with van der Waals surface area (Å²) in [7, 11) is 0. The van der Waals surface area contributed by atoms with Crippen LogP contribution >= 0.6 is 0 Å². The lowest BCUT2D eigenvalue weighted by atomic mass is 9.93. The third-order valence-corrected chi connectivity index (χ3v) is 3.43. The van der Waals surface area contributed by atoms with Gasteiger partial charge in [-0.1, -0.05) is 11.6 Å². The number of amidine groups is 1. The lowest BCUT2D eigenvalue weighted by Gasteiger charge is -2.27. The SMILES string of the molecule is C=NC(=NC=C(C)C)Oc1ccc2c(c1)C(C)(C(F)(F)F)OC2. The Kier molecular flexibility index (Phi) is 4.61. The fourth-order valence-electron chi connectivity index (χ4n) is 2.11. The third kappa shape index (κ3) is 3.44. The molecule has 7 heteroatoms. The zero-order chi connectivity index (χ0) is 17.3. The average Bonchev–Trinajstić information content (AvgIpc) is 2.81. The van der Waals surface area contributed by atoms with Gasteiger partial charge in [-0.25, -0.2) is 9.98 Å². The summed E-state index contributed by atoms with van der Waals surface area (Å²) in [5.74, 6) is 0.193. The predicted octanol–water partition coefficient (Wildman–Crippen LogP) is 4.35. The first kappa shape index (κ1) is 17.2. The zero-order valence-electron chi connectivity index (χ0n) is 13.1. The van der Waals surface area contributed by atoms with E-state index in [9.17, 15) is 13.2 Å². The molecule has 1 unspecified atom stereocenters. The molecule has 0 radical (unpaired) electrons. The molecule has 1 aromatic carbocycles. The first-order chi connectivity index (χ1) is 10.7. The largest absolute Gasteiger partial charge is 0.424 e. The number of alkyl halides is 3. The molecule has 2 rings (SSSR count). The minimum absolute atomic E-state index is 0.0353. The number of fused-ring (bicyclic) bond motifs is 1. The zero-order valence-corrected chi connectivity index (χ0v) is 13.1. The molecule has 4 nitrogen and oxygen atoms in total. The van der Waals surface area contributed by atoms with E-state index in [4.69, 9.17) is 9.47 Å². The minimum atomic E-state index is -4.52. The molecule has 124 valence electrons. The van der Waals surface area contributed by atoms with E-state index in [2.05, 4.69) is 16.7 Å². The normalized spacial score (nSPS) is 20.9. The van der Waals surface area contributed by atoms with Crippen LogP contribution in [0.25, 0.3) is 0 Å². The van der Waals surface area contributed by atoms with Gasteiger partial charge in [-0.3, -0.25) is 0 Å². The number of hydrogen-bond donors (Lipinski definition) is 0. The standard InChI is InChI=1S/C16H17F3N2O2/c1-10(2)8-21-14(20-4)23-12-6-5-11-9-22-15(3,13(11)7-12)16(17,18)19/h5-8H,4,9H2,1-3H3. The Morgan fingerprint density at radius 1 is 1.39 bits per heavy atom. The predicted molar refractivity (Wildman–Crippen MR) is 81.7 cm³/mol. The van der Waals surface area contributed by atoms with Crippen LogP contribution in [0, 0.1) is 0 Å².